The van der Waals surface area contributed by atoms with Crippen LogP contribution in [0, 0.1) is 0 Å². The second-order valence-corrected chi connectivity index (χ2v) is 28.6. The van der Waals surface area contributed by atoms with Gasteiger partial charge in [0.1, 0.15) is 0 Å². The normalized spacial score (nSPS) is 14.3. The fraction of sp³-hybridized carbons (Fsp3) is 0.296. The number of sulfonamides is 2. The van der Waals surface area contributed by atoms with E-state index in [2.05, 4.69) is 186 Å². The molecular weight excluding hydrogens is 1130 g/mol. The van der Waals surface area contributed by atoms with Gasteiger partial charge in [-0.1, -0.05) is 175 Å². The third kappa shape index (κ3) is 21.1. The van der Waals surface area contributed by atoms with Crippen LogP contribution in [0.2, 0.25) is 0 Å². The molecule has 2 fully saturated rings. The van der Waals surface area contributed by atoms with Crippen LogP contribution in [-0.2, 0) is 41.8 Å². The van der Waals surface area contributed by atoms with E-state index >= 15 is 0 Å². The van der Waals surface area contributed by atoms with E-state index in [1.807, 2.05) is 0 Å². The number of rotatable bonds is 19. The minimum atomic E-state index is -3.91. The summed E-state index contributed by atoms with van der Waals surface area (Å²) in [5, 5.41) is 22.1. The van der Waals surface area contributed by atoms with Crippen LogP contribution in [0.25, 0.3) is 0 Å². The van der Waals surface area contributed by atoms with Crippen molar-refractivity contribution in [2.45, 2.75) is 174 Å². The molecule has 0 amide bonds. The van der Waals surface area contributed by atoms with E-state index in [0.29, 0.717) is 17.8 Å². The SMILES string of the molecule is CC([O-])=NS(=O)(=O)c1ccc(N)cc1.CCCCCCCCC([O-])=NS(=O)(=O)c1ccc(N)cc1.c1ccc([S+](c2ccccc2)c2ccc(C3CCCCC3)cc2)cc1.c1ccc([S+](c2ccccc2)c2ccc(C3CCCCC3)cc2)cc1. The molecule has 0 aromatic heterocycles. The van der Waals surface area contributed by atoms with Crippen molar-refractivity contribution in [3.8, 4) is 0 Å². The molecule has 10 nitrogen and oxygen atoms in total. The quantitative estimate of drug-likeness (QED) is 0.0263. The summed E-state index contributed by atoms with van der Waals surface area (Å²) in [6.45, 7) is 3.22. The van der Waals surface area contributed by atoms with Crippen molar-refractivity contribution in [2.75, 3.05) is 11.5 Å². The summed E-state index contributed by atoms with van der Waals surface area (Å²) in [6, 6.07) is 73.8. The maximum Gasteiger partial charge on any atom is 0.281 e. The second kappa shape index (κ2) is 34.1. The molecule has 2 aliphatic rings. The third-order valence-corrected chi connectivity index (χ3v) is 22.0. The Bertz CT molecular complexity index is 3270. The van der Waals surface area contributed by atoms with E-state index in [1.54, 1.807) is 0 Å². The van der Waals surface area contributed by atoms with Crippen LogP contribution < -0.4 is 21.7 Å². The van der Waals surface area contributed by atoms with Crippen LogP contribution >= 0.6 is 0 Å². The zero-order valence-corrected chi connectivity index (χ0v) is 52.4. The van der Waals surface area contributed by atoms with Gasteiger partial charge in [-0.25, -0.2) is 0 Å². The van der Waals surface area contributed by atoms with Gasteiger partial charge in [-0.3, -0.25) is 0 Å². The number of unbranched alkanes of at least 4 members (excludes halogenated alkanes) is 5. The van der Waals surface area contributed by atoms with Crippen molar-refractivity contribution in [3.63, 3.8) is 0 Å². The lowest BCUT2D eigenvalue weighted by molar-refractivity contribution is -0.218. The number of nitrogens with two attached hydrogens (primary N) is 2. The highest BCUT2D eigenvalue weighted by atomic mass is 32.2. The summed E-state index contributed by atoms with van der Waals surface area (Å²) in [6.07, 6.45) is 20.3. The van der Waals surface area contributed by atoms with Crippen LogP contribution in [-0.4, -0.2) is 28.6 Å². The monoisotopic (exact) mass is 1210 g/mol. The lowest BCUT2D eigenvalue weighted by atomic mass is 9.84. The van der Waals surface area contributed by atoms with E-state index in [1.165, 1.54) is 166 Å². The highest BCUT2D eigenvalue weighted by molar-refractivity contribution is 7.97. The molecule has 0 saturated heterocycles. The zero-order chi connectivity index (χ0) is 60.3. The first-order chi connectivity index (χ1) is 41.2. The standard InChI is InChI=1S/2C24H25S.C15H24N2O3S.C8H10N2O3S/c2*1-4-10-20(11-5-1)21-16-18-24(19-17-21)25(22-12-6-2-7-13-22)23-14-8-3-9-15-23;1-2-3-4-5-6-7-8-15(18)17-21(19,20)14-11-9-13(16)10-12-14;1-6(11)10-14(12,13)8-4-2-7(9)3-5-8/h2*2-3,6-9,12-20H,1,4-5,10-11H2;9-12H,2-8,16H2,1H3,(H,17,18);2-5H,9H2,1H3,(H,10,11)/q2*+1;;/p-2. The topological polar surface area (TPSA) is 191 Å². The Morgan fingerprint density at radius 2 is 0.718 bits per heavy atom. The van der Waals surface area contributed by atoms with Crippen molar-refractivity contribution in [3.05, 3.63) is 230 Å². The van der Waals surface area contributed by atoms with Gasteiger partial charge >= 0.3 is 0 Å². The highest BCUT2D eigenvalue weighted by Gasteiger charge is 2.30. The summed E-state index contributed by atoms with van der Waals surface area (Å²) in [7, 11) is -7.82. The minimum absolute atomic E-state index is 0.00649. The Morgan fingerprint density at radius 1 is 0.412 bits per heavy atom. The molecule has 10 rings (SSSR count). The molecule has 0 heterocycles. The molecule has 85 heavy (non-hydrogen) atoms. The Morgan fingerprint density at radius 3 is 1.05 bits per heavy atom. The van der Waals surface area contributed by atoms with Gasteiger partial charge in [-0.15, -0.1) is 0 Å². The lowest BCUT2D eigenvalue weighted by Crippen LogP contribution is -2.19. The van der Waals surface area contributed by atoms with Crippen molar-refractivity contribution in [2.24, 2.45) is 8.80 Å². The lowest BCUT2D eigenvalue weighted by Gasteiger charge is -2.22. The smallest absolute Gasteiger partial charge is 0.281 e. The fourth-order valence-electron chi connectivity index (χ4n) is 10.5. The number of hydrogen-bond acceptors (Lipinski definition) is 8. The van der Waals surface area contributed by atoms with Gasteiger partial charge in [-0.05, 0) is 202 Å². The molecular formula is C71H82N4O6S4. The highest BCUT2D eigenvalue weighted by Crippen LogP contribution is 2.38. The molecule has 4 N–H and O–H groups in total. The van der Waals surface area contributed by atoms with Gasteiger partial charge < -0.3 is 21.7 Å². The molecule has 0 unspecified atom stereocenters. The Hall–Kier alpha value is -7.10. The van der Waals surface area contributed by atoms with Gasteiger partial charge in [-0.2, -0.15) is 25.6 Å². The molecule has 446 valence electrons. The molecule has 0 aliphatic heterocycles. The molecule has 8 aromatic carbocycles. The maximum atomic E-state index is 11.9. The zero-order valence-electron chi connectivity index (χ0n) is 49.1. The van der Waals surface area contributed by atoms with Crippen LogP contribution in [0.3, 0.4) is 0 Å². The van der Waals surface area contributed by atoms with E-state index in [0.717, 1.165) is 38.0 Å². The third-order valence-electron chi connectivity index (χ3n) is 14.9. The van der Waals surface area contributed by atoms with E-state index in [-0.39, 0.29) is 38.0 Å². The predicted molar refractivity (Wildman–Crippen MR) is 349 cm³/mol. The van der Waals surface area contributed by atoms with Crippen molar-refractivity contribution >= 4 is 65.0 Å². The average Bonchev–Trinajstić information content (AvgIpc) is 3.66. The molecule has 0 radical (unpaired) electrons. The molecule has 2 saturated carbocycles. The van der Waals surface area contributed by atoms with Gasteiger partial charge in [0.05, 0.1) is 31.6 Å². The number of benzene rings is 8. The minimum Gasteiger partial charge on any atom is -0.861 e. The molecule has 14 heteroatoms. The van der Waals surface area contributed by atoms with E-state index in [9.17, 15) is 27.0 Å². The van der Waals surface area contributed by atoms with E-state index < -0.39 is 31.8 Å². The maximum absolute atomic E-state index is 11.9. The fourth-order valence-corrected chi connectivity index (χ4v) is 16.5. The summed E-state index contributed by atoms with van der Waals surface area (Å²) >= 11 is 0. The first-order valence-electron chi connectivity index (χ1n) is 29.8. The van der Waals surface area contributed by atoms with Crippen LogP contribution in [0.4, 0.5) is 11.4 Å². The summed E-state index contributed by atoms with van der Waals surface area (Å²) < 4.78 is 52.8. The summed E-state index contributed by atoms with van der Waals surface area (Å²) in [5.74, 6) is 0.222. The van der Waals surface area contributed by atoms with E-state index in [4.69, 9.17) is 11.5 Å². The molecule has 0 bridgehead atoms. The van der Waals surface area contributed by atoms with Gasteiger partial charge in [0, 0.05) is 11.4 Å². The molecule has 8 aromatic rings. The first-order valence-corrected chi connectivity index (χ1v) is 35.1. The van der Waals surface area contributed by atoms with Crippen molar-refractivity contribution in [1.29, 1.82) is 0 Å². The summed E-state index contributed by atoms with van der Waals surface area (Å²) in [4.78, 5) is 8.33. The first kappa shape index (κ1) is 65.4. The molecule has 0 atom stereocenters. The second-order valence-electron chi connectivity index (χ2n) is 21.4. The van der Waals surface area contributed by atoms with Gasteiger partial charge in [0.15, 0.2) is 29.4 Å². The van der Waals surface area contributed by atoms with Crippen molar-refractivity contribution in [1.82, 2.24) is 0 Å². The Labute approximate surface area is 512 Å². The average molecular weight is 1220 g/mol. The molecule has 2 aliphatic carbocycles. The van der Waals surface area contributed by atoms with Crippen LogP contribution in [0.1, 0.15) is 146 Å². The number of nitrogens with zero attached hydrogens (tertiary/aromatic N) is 2. The molecule has 0 spiro atoms. The number of anilines is 2. The van der Waals surface area contributed by atoms with Crippen molar-refractivity contribution < 1.29 is 27.0 Å². The van der Waals surface area contributed by atoms with Crippen LogP contribution in [0.15, 0.2) is 266 Å². The number of nitrogen functional groups attached to an aromatic ring is 2. The Kier molecular flexibility index (Phi) is 26.3. The predicted octanol–water partition coefficient (Wildman–Crippen LogP) is 15.9. The van der Waals surface area contributed by atoms with Crippen LogP contribution in [0.5, 0.6) is 0 Å². The van der Waals surface area contributed by atoms with Gasteiger partial charge in [0.2, 0.25) is 0 Å². The summed E-state index contributed by atoms with van der Waals surface area (Å²) in [5.41, 5.74) is 14.9. The largest absolute Gasteiger partial charge is 0.861 e. The van der Waals surface area contributed by atoms with Gasteiger partial charge in [0.25, 0.3) is 20.0 Å². The number of hydrogen-bond donors (Lipinski definition) is 2. The Balaban J connectivity index is 0.000000166.